The highest BCUT2D eigenvalue weighted by Gasteiger charge is 2.09. The molecule has 0 radical (unpaired) electrons. The molecule has 0 bridgehead atoms. The number of hydrogen-bond acceptors (Lipinski definition) is 2. The van der Waals surface area contributed by atoms with Gasteiger partial charge in [0.15, 0.2) is 17.4 Å². The fraction of sp³-hybridized carbons (Fsp3) is 0.143. The third kappa shape index (κ3) is 3.52. The summed E-state index contributed by atoms with van der Waals surface area (Å²) in [5.74, 6) is -2.83. The van der Waals surface area contributed by atoms with Gasteiger partial charge in [-0.05, 0) is 29.3 Å². The number of benzene rings is 2. The number of phenols is 1. The van der Waals surface area contributed by atoms with E-state index in [1.54, 1.807) is 0 Å². The van der Waals surface area contributed by atoms with Crippen LogP contribution in [-0.2, 0) is 13.1 Å². The van der Waals surface area contributed by atoms with Crippen LogP contribution in [0, 0.1) is 11.6 Å². The van der Waals surface area contributed by atoms with Crippen molar-refractivity contribution in [2.45, 2.75) is 13.1 Å². The molecule has 2 nitrogen and oxygen atoms in total. The van der Waals surface area contributed by atoms with E-state index in [0.29, 0.717) is 18.7 Å². The van der Waals surface area contributed by atoms with E-state index in [9.17, 15) is 8.78 Å². The lowest BCUT2D eigenvalue weighted by molar-refractivity contribution is 0.395. The second-order valence-corrected chi connectivity index (χ2v) is 4.96. The van der Waals surface area contributed by atoms with Crippen molar-refractivity contribution in [1.29, 1.82) is 0 Å². The standard InChI is InChI=1S/C14H12BrF2NO/c15-11-4-2-1-3-10(11)8-18-7-9-5-12(16)14(19)13(17)6-9/h1-6,18-19H,7-8H2. The Morgan fingerprint density at radius 2 is 1.68 bits per heavy atom. The van der Waals surface area contributed by atoms with Gasteiger partial charge in [-0.15, -0.1) is 0 Å². The maximum absolute atomic E-state index is 13.1. The molecular formula is C14H12BrF2NO. The molecule has 0 aromatic heterocycles. The number of aromatic hydroxyl groups is 1. The zero-order chi connectivity index (χ0) is 13.8. The van der Waals surface area contributed by atoms with E-state index in [-0.39, 0.29) is 0 Å². The van der Waals surface area contributed by atoms with E-state index in [4.69, 9.17) is 5.11 Å². The maximum atomic E-state index is 13.1. The van der Waals surface area contributed by atoms with Crippen molar-refractivity contribution in [3.8, 4) is 5.75 Å². The van der Waals surface area contributed by atoms with Crippen LogP contribution in [0.5, 0.6) is 5.75 Å². The fourth-order valence-electron chi connectivity index (χ4n) is 1.70. The van der Waals surface area contributed by atoms with Crippen molar-refractivity contribution in [2.24, 2.45) is 0 Å². The summed E-state index contributed by atoms with van der Waals surface area (Å²) in [5.41, 5.74) is 1.50. The lowest BCUT2D eigenvalue weighted by Crippen LogP contribution is -2.13. The van der Waals surface area contributed by atoms with E-state index in [2.05, 4.69) is 21.2 Å². The van der Waals surface area contributed by atoms with Crippen LogP contribution in [0.25, 0.3) is 0 Å². The highest BCUT2D eigenvalue weighted by Crippen LogP contribution is 2.21. The molecule has 19 heavy (non-hydrogen) atoms. The molecule has 0 amide bonds. The lowest BCUT2D eigenvalue weighted by Gasteiger charge is -2.08. The minimum atomic E-state index is -0.947. The Kier molecular flexibility index (Phi) is 4.50. The highest BCUT2D eigenvalue weighted by atomic mass is 79.9. The first-order valence-electron chi connectivity index (χ1n) is 5.69. The van der Waals surface area contributed by atoms with Crippen molar-refractivity contribution < 1.29 is 13.9 Å². The van der Waals surface area contributed by atoms with Crippen LogP contribution in [0.1, 0.15) is 11.1 Å². The van der Waals surface area contributed by atoms with Crippen molar-refractivity contribution in [3.05, 3.63) is 63.6 Å². The molecule has 0 atom stereocenters. The number of hydrogen-bond donors (Lipinski definition) is 2. The summed E-state index contributed by atoms with van der Waals surface area (Å²) in [6.45, 7) is 0.890. The first-order valence-corrected chi connectivity index (χ1v) is 6.48. The van der Waals surface area contributed by atoms with Gasteiger partial charge >= 0.3 is 0 Å². The number of rotatable bonds is 4. The largest absolute Gasteiger partial charge is 0.503 e. The third-order valence-electron chi connectivity index (χ3n) is 2.68. The molecule has 2 N–H and O–H groups in total. The Morgan fingerprint density at radius 1 is 1.05 bits per heavy atom. The molecule has 2 aromatic carbocycles. The molecule has 0 fully saturated rings. The molecule has 0 aliphatic rings. The van der Waals surface area contributed by atoms with Gasteiger partial charge in [-0.1, -0.05) is 34.1 Å². The van der Waals surface area contributed by atoms with Crippen LogP contribution in [0.3, 0.4) is 0 Å². The molecule has 0 spiro atoms. The van der Waals surface area contributed by atoms with E-state index >= 15 is 0 Å². The van der Waals surface area contributed by atoms with Gasteiger partial charge in [0.2, 0.25) is 0 Å². The second-order valence-electron chi connectivity index (χ2n) is 4.10. The second kappa shape index (κ2) is 6.12. The summed E-state index contributed by atoms with van der Waals surface area (Å²) in [7, 11) is 0. The van der Waals surface area contributed by atoms with Crippen molar-refractivity contribution in [3.63, 3.8) is 0 Å². The molecule has 0 unspecified atom stereocenters. The van der Waals surface area contributed by atoms with Gasteiger partial charge in [0.25, 0.3) is 0 Å². The summed E-state index contributed by atoms with van der Waals surface area (Å²) in [6.07, 6.45) is 0. The van der Waals surface area contributed by atoms with Crippen molar-refractivity contribution in [2.75, 3.05) is 0 Å². The Bertz CT molecular complexity index is 566. The molecule has 100 valence electrons. The van der Waals surface area contributed by atoms with Crippen molar-refractivity contribution in [1.82, 2.24) is 5.32 Å². The van der Waals surface area contributed by atoms with E-state index < -0.39 is 17.4 Å². The zero-order valence-electron chi connectivity index (χ0n) is 9.96. The van der Waals surface area contributed by atoms with Crippen LogP contribution in [0.4, 0.5) is 8.78 Å². The van der Waals surface area contributed by atoms with Gasteiger partial charge in [-0.3, -0.25) is 0 Å². The molecule has 0 saturated carbocycles. The quantitative estimate of drug-likeness (QED) is 0.896. The Balaban J connectivity index is 1.98. The lowest BCUT2D eigenvalue weighted by atomic mass is 10.2. The van der Waals surface area contributed by atoms with Crippen LogP contribution < -0.4 is 5.32 Å². The number of nitrogens with one attached hydrogen (secondary N) is 1. The first kappa shape index (κ1) is 14.0. The predicted molar refractivity (Wildman–Crippen MR) is 72.7 cm³/mol. The average molecular weight is 328 g/mol. The summed E-state index contributed by atoms with van der Waals surface area (Å²) in [4.78, 5) is 0. The first-order chi connectivity index (χ1) is 9.08. The SMILES string of the molecule is Oc1c(F)cc(CNCc2ccccc2Br)cc1F. The Labute approximate surface area is 118 Å². The van der Waals surface area contributed by atoms with Gasteiger partial charge in [-0.2, -0.15) is 0 Å². The fourth-order valence-corrected chi connectivity index (χ4v) is 2.13. The maximum Gasteiger partial charge on any atom is 0.187 e. The van der Waals surface area contributed by atoms with Gasteiger partial charge in [0.1, 0.15) is 0 Å². The Hall–Kier alpha value is -1.46. The van der Waals surface area contributed by atoms with E-state index in [1.807, 2.05) is 24.3 Å². The summed E-state index contributed by atoms with van der Waals surface area (Å²) in [6, 6.07) is 9.95. The molecule has 2 aromatic rings. The smallest absolute Gasteiger partial charge is 0.187 e. The van der Waals surface area contributed by atoms with Gasteiger partial charge in [0.05, 0.1) is 0 Å². The minimum absolute atomic E-state index is 0.315. The van der Waals surface area contributed by atoms with Gasteiger partial charge in [0, 0.05) is 17.6 Å². The molecule has 0 heterocycles. The predicted octanol–water partition coefficient (Wildman–Crippen LogP) is 3.72. The molecule has 2 rings (SSSR count). The van der Waals surface area contributed by atoms with E-state index in [0.717, 1.165) is 22.2 Å². The molecule has 0 aliphatic heterocycles. The van der Waals surface area contributed by atoms with Crippen molar-refractivity contribution >= 4 is 15.9 Å². The van der Waals surface area contributed by atoms with Crippen LogP contribution in [-0.4, -0.2) is 5.11 Å². The summed E-state index contributed by atoms with van der Waals surface area (Å²) >= 11 is 3.42. The summed E-state index contributed by atoms with van der Waals surface area (Å²) in [5, 5.41) is 12.1. The zero-order valence-corrected chi connectivity index (χ0v) is 11.5. The summed E-state index contributed by atoms with van der Waals surface area (Å²) < 4.78 is 27.2. The molecular weight excluding hydrogens is 316 g/mol. The van der Waals surface area contributed by atoms with Crippen LogP contribution in [0.15, 0.2) is 40.9 Å². The van der Waals surface area contributed by atoms with Gasteiger partial charge in [-0.25, -0.2) is 8.78 Å². The number of phenolic OH excluding ortho intramolecular Hbond substituents is 1. The molecule has 5 heteroatoms. The highest BCUT2D eigenvalue weighted by molar-refractivity contribution is 9.10. The third-order valence-corrected chi connectivity index (χ3v) is 3.45. The monoisotopic (exact) mass is 327 g/mol. The molecule has 0 aliphatic carbocycles. The average Bonchev–Trinajstić information content (AvgIpc) is 2.38. The van der Waals surface area contributed by atoms with Gasteiger partial charge < -0.3 is 10.4 Å². The minimum Gasteiger partial charge on any atom is -0.503 e. The molecule has 0 saturated heterocycles. The van der Waals surface area contributed by atoms with E-state index in [1.165, 1.54) is 0 Å². The van der Waals surface area contributed by atoms with Crippen LogP contribution in [0.2, 0.25) is 0 Å². The topological polar surface area (TPSA) is 32.3 Å². The number of halogens is 3. The normalized spacial score (nSPS) is 10.7. The van der Waals surface area contributed by atoms with Crippen LogP contribution >= 0.6 is 15.9 Å². The Morgan fingerprint density at radius 3 is 2.32 bits per heavy atom.